The molecule has 102 heavy (non-hydrogen) atoms. The fourth-order valence-corrected chi connectivity index (χ4v) is 16.9. The summed E-state index contributed by atoms with van der Waals surface area (Å²) in [5, 5.41) is 57.6. The largest absolute Gasteiger partial charge is 0.0622 e. The van der Waals surface area contributed by atoms with E-state index in [9.17, 15) is 39.6 Å². The number of ether oxygens (including phenoxy) is 2. The summed E-state index contributed by atoms with van der Waals surface area (Å²) in [6, 6.07) is 79.3. The number of terminal acetylenes is 1. The first-order valence-electron chi connectivity index (χ1n) is 32.9. The number of rotatable bonds is 12. The molecule has 2 saturated heterocycles. The van der Waals surface area contributed by atoms with Crippen LogP contribution >= 0.6 is 50.8 Å². The van der Waals surface area contributed by atoms with E-state index in [0.29, 0.717) is 85.7 Å². The molecule has 2 aromatic heterocycles. The van der Waals surface area contributed by atoms with Crippen molar-refractivity contribution >= 4 is 106 Å². The summed E-state index contributed by atoms with van der Waals surface area (Å²) >= 11 is 3.31. The van der Waals surface area contributed by atoms with E-state index in [1.54, 1.807) is 61.6 Å². The molecule has 2 unspecified atom stereocenters. The van der Waals surface area contributed by atoms with Gasteiger partial charge >= 0.3 is 46.9 Å². The summed E-state index contributed by atoms with van der Waals surface area (Å²) < 4.78 is 14.3. The van der Waals surface area contributed by atoms with Gasteiger partial charge in [-0.05, 0) is 124 Å². The minimum Gasteiger partial charge on any atom is -0.0622 e. The summed E-state index contributed by atoms with van der Waals surface area (Å²) in [6.45, 7) is 5.04. The maximum Gasteiger partial charge on any atom is -0.0134 e. The number of fused-ring (bicyclic) bond motifs is 2. The van der Waals surface area contributed by atoms with Gasteiger partial charge in [0.1, 0.15) is 0 Å². The number of nitrogens with zero attached hydrogens (tertiary/aromatic N) is 6. The van der Waals surface area contributed by atoms with E-state index in [1.807, 2.05) is 24.3 Å². The zero-order chi connectivity index (χ0) is 72.8. The predicted molar refractivity (Wildman–Crippen MR) is 405 cm³/mol. The van der Waals surface area contributed by atoms with E-state index < -0.39 is 57.1 Å². The first-order chi connectivity index (χ1) is 49.4. The van der Waals surface area contributed by atoms with Crippen molar-refractivity contribution in [2.24, 2.45) is 0 Å². The minimum absolute atomic E-state index is 0.106. The summed E-state index contributed by atoms with van der Waals surface area (Å²) in [7, 11) is 12.0. The quantitative estimate of drug-likeness (QED) is 0.0390. The van der Waals surface area contributed by atoms with Crippen molar-refractivity contribution in [1.29, 1.82) is 0 Å². The number of aliphatic hydroxyl groups is 4. The Bertz CT molecular complexity index is 4250. The van der Waals surface area contributed by atoms with Gasteiger partial charge in [0.05, 0.1) is 48.2 Å². The van der Waals surface area contributed by atoms with Crippen molar-refractivity contribution in [3.8, 4) is 35.6 Å². The minimum atomic E-state index is -1.68. The van der Waals surface area contributed by atoms with Crippen molar-refractivity contribution in [1.82, 2.24) is 29.4 Å². The second-order valence-electron chi connectivity index (χ2n) is 23.6. The Kier molecular flexibility index (Phi) is 28.7. The van der Waals surface area contributed by atoms with Crippen LogP contribution in [0.5, 0.6) is 0 Å². The monoisotopic (exact) mass is 1600 g/mol. The average molecular weight is 1600 g/mol. The van der Waals surface area contributed by atoms with Crippen LogP contribution in [0.2, 0.25) is 0 Å². The van der Waals surface area contributed by atoms with Gasteiger partial charge in [0.25, 0.3) is 11.8 Å². The second-order valence-corrected chi connectivity index (χ2v) is 31.3. The van der Waals surface area contributed by atoms with E-state index in [-0.39, 0.29) is 40.6 Å². The molecule has 0 spiro atoms. The third-order valence-electron chi connectivity index (χ3n) is 16.9. The molecule has 22 heteroatoms. The zero-order valence-electron chi connectivity index (χ0n) is 56.5. The molecule has 16 nitrogen and oxygen atoms in total. The fraction of sp³-hybridized carbons (Fsp3) is 0.225. The molecule has 2 amide bonds. The van der Waals surface area contributed by atoms with Gasteiger partial charge in [0.15, 0.2) is 11.4 Å². The van der Waals surface area contributed by atoms with Gasteiger partial charge in [-0.2, -0.15) is 10.2 Å². The van der Waals surface area contributed by atoms with Gasteiger partial charge in [-0.1, -0.05) is 228 Å². The Labute approximate surface area is 622 Å². The maximum absolute atomic E-state index is 12.3. The molecule has 2 fully saturated rings. The number of esters is 2. The summed E-state index contributed by atoms with van der Waals surface area (Å²) in [4.78, 5) is 50.3. The van der Waals surface area contributed by atoms with E-state index in [1.165, 1.54) is 41.6 Å². The standard InChI is InChI=1S/C22H23N3O5.2C18H15P.C15H15BrN2O3.C7H9NO2.2ClH.Pd/c1-3-30-20(27)18-16-7-8-17(26)19(16)25(23-18)15-6-4-5-14(13-15)9-10-22(29)11-12-24(2)21(22)28;2*1-4-10-16(11-5-1)19(17-12-6-2-7-13-17)18-14-8-3-9-15-18;1-2-21-15(20)13-11-6-7-12(19)14(11)18(17-13)10-5-3-4-9(16)8-10;1-3-7(10)4-5-8(2)6(7)9;;;/h4-6,13,17,26,29H,3,7-8,11-12H2,1-2H3;2*1-15H;3-5,8,12,19H,2,6-7H2,1H3;1,10H,4-5H2,2H3;2*1H;/q;;;;;;;+2/p-2/t17?,22-;;;;7-;;;/m0...0.../s1. The normalized spacial score (nSPS) is 17.5. The number of carbonyl (C=O) groups is 4. The van der Waals surface area contributed by atoms with Crippen LogP contribution < -0.4 is 31.8 Å². The number of halogens is 3. The third-order valence-corrected chi connectivity index (χ3v) is 22.2. The molecule has 0 radical (unpaired) electrons. The van der Waals surface area contributed by atoms with Crippen molar-refractivity contribution in [2.75, 3.05) is 40.4 Å². The second kappa shape index (κ2) is 37.7. The third kappa shape index (κ3) is 19.5. The van der Waals surface area contributed by atoms with Crippen LogP contribution in [-0.2, 0) is 47.8 Å². The van der Waals surface area contributed by atoms with Gasteiger partial charge in [-0.3, -0.25) is 9.59 Å². The molecule has 0 saturated carbocycles. The summed E-state index contributed by atoms with van der Waals surface area (Å²) in [6.07, 6.45) is 6.56. The maximum atomic E-state index is 12.3. The zero-order valence-corrected chi connectivity index (χ0v) is 62.9. The number of likely N-dealkylation sites (tertiary alicyclic amines) is 2. The Morgan fingerprint density at radius 2 is 0.882 bits per heavy atom. The van der Waals surface area contributed by atoms with E-state index in [4.69, 9.17) is 35.0 Å². The summed E-state index contributed by atoms with van der Waals surface area (Å²) in [5.74, 6) is 5.94. The summed E-state index contributed by atoms with van der Waals surface area (Å²) in [5.41, 5.74) is 2.10. The first-order valence-corrected chi connectivity index (χ1v) is 40.3. The molecular weight excluding hydrogens is 1520 g/mol. The van der Waals surface area contributed by atoms with Crippen LogP contribution in [0.25, 0.3) is 11.4 Å². The Morgan fingerprint density at radius 1 is 0.549 bits per heavy atom. The van der Waals surface area contributed by atoms with Crippen molar-refractivity contribution < 1.29 is 65.0 Å². The molecule has 14 rings (SSSR count). The predicted octanol–water partition coefficient (Wildman–Crippen LogP) is 11.2. The van der Waals surface area contributed by atoms with Gasteiger partial charge < -0.3 is 39.7 Å². The SMILES string of the molecule is C#C[C@]1(O)CCN(C)C1=O.CCOC(=O)c1nn(-c2cccc(Br)c2)c2c1CCC2O.CCOC(=O)c1nn(-c2cccc(C#C[C@]3(O)CCN(C)C3=O)c2)c2c1CCC2O.[Cl][Pd][Cl].c1ccc(P(c2ccccc2)c2ccccc2)cc1.c1ccc(P(c2ccccc2)c2ccccc2)cc1. The number of aromatic nitrogens is 4. The van der Waals surface area contributed by atoms with Crippen molar-refractivity contribution in [3.63, 3.8) is 0 Å². The van der Waals surface area contributed by atoms with Gasteiger partial charge in [-0.25, -0.2) is 19.0 Å². The Balaban J connectivity index is 0.000000151. The van der Waals surface area contributed by atoms with Crippen molar-refractivity contribution in [3.05, 3.63) is 274 Å². The van der Waals surface area contributed by atoms with Crippen LogP contribution in [-0.4, -0.2) is 125 Å². The molecule has 4 N–H and O–H groups in total. The number of carbonyl (C=O) groups excluding carboxylic acids is 4. The Hall–Kier alpha value is -8.40. The molecule has 8 aromatic carbocycles. The van der Waals surface area contributed by atoms with Crippen LogP contribution in [0.4, 0.5) is 0 Å². The van der Waals surface area contributed by atoms with E-state index >= 15 is 0 Å². The molecule has 4 aliphatic rings. The number of benzene rings is 8. The number of hydrogen-bond acceptors (Lipinski definition) is 12. The van der Waals surface area contributed by atoms with Gasteiger partial charge in [-0.15, -0.1) is 6.42 Å². The topological polar surface area (TPSA) is 210 Å². The number of likely N-dealkylation sites (N-methyl/N-ethyl adjacent to an activating group) is 2. The number of aliphatic hydroxyl groups excluding tert-OH is 2. The molecule has 2 aliphatic carbocycles. The molecule has 4 heterocycles. The van der Waals surface area contributed by atoms with Crippen molar-refractivity contribution in [2.45, 2.75) is 75.8 Å². The van der Waals surface area contributed by atoms with Crippen LogP contribution in [0, 0.1) is 24.2 Å². The average Bonchev–Trinajstić information content (AvgIpc) is 1.61. The van der Waals surface area contributed by atoms with Crippen LogP contribution in [0.3, 0.4) is 0 Å². The van der Waals surface area contributed by atoms with Crippen LogP contribution in [0.1, 0.15) is 101 Å². The van der Waals surface area contributed by atoms with Crippen LogP contribution in [0.15, 0.2) is 235 Å². The molecular formula is C80H77BrCl2N6O10P2Pd. The molecule has 4 atom stereocenters. The number of hydrogen-bond donors (Lipinski definition) is 4. The number of amides is 2. The molecule has 10 aromatic rings. The van der Waals surface area contributed by atoms with E-state index in [2.05, 4.69) is 226 Å². The molecule has 0 bridgehead atoms. The molecule has 2 aliphatic heterocycles. The first kappa shape index (κ1) is 77.8. The van der Waals surface area contributed by atoms with Gasteiger partial charge in [0, 0.05) is 61.2 Å². The molecule has 528 valence electrons. The van der Waals surface area contributed by atoms with E-state index in [0.717, 1.165) is 15.7 Å². The smallest absolute Gasteiger partial charge is 0.0134 e. The fourth-order valence-electron chi connectivity index (χ4n) is 11.9. The Morgan fingerprint density at radius 3 is 1.19 bits per heavy atom. The van der Waals surface area contributed by atoms with Gasteiger partial charge in [0.2, 0.25) is 11.2 Å².